The monoisotopic (exact) mass is 369 g/mol. The van der Waals surface area contributed by atoms with E-state index in [2.05, 4.69) is 15.2 Å². The molecule has 1 amide bonds. The average molecular weight is 369 g/mol. The summed E-state index contributed by atoms with van der Waals surface area (Å²) in [4.78, 5) is 18.7. The lowest BCUT2D eigenvalue weighted by Gasteiger charge is -2.34. The van der Waals surface area contributed by atoms with E-state index in [0.29, 0.717) is 13.1 Å². The Morgan fingerprint density at radius 1 is 1.42 bits per heavy atom. The molecule has 1 aliphatic rings. The van der Waals surface area contributed by atoms with Crippen molar-refractivity contribution in [2.24, 2.45) is 5.92 Å². The molecule has 0 aromatic carbocycles. The number of nitrogens with zero attached hydrogens (tertiary/aromatic N) is 4. The number of pyridine rings is 1. The second-order valence-corrected chi connectivity index (χ2v) is 6.45. The average Bonchev–Trinajstić information content (AvgIpc) is 2.61. The van der Waals surface area contributed by atoms with Crippen molar-refractivity contribution in [3.63, 3.8) is 0 Å². The summed E-state index contributed by atoms with van der Waals surface area (Å²) < 4.78 is 38.7. The lowest BCUT2D eigenvalue weighted by Crippen LogP contribution is -2.42. The van der Waals surface area contributed by atoms with Gasteiger partial charge in [-0.05, 0) is 44.0 Å². The predicted octanol–water partition coefficient (Wildman–Crippen LogP) is 1.87. The van der Waals surface area contributed by atoms with E-state index in [1.54, 1.807) is 19.0 Å². The van der Waals surface area contributed by atoms with E-state index in [4.69, 9.17) is 5.26 Å². The summed E-state index contributed by atoms with van der Waals surface area (Å²) in [5.74, 6) is 0.284. The van der Waals surface area contributed by atoms with Gasteiger partial charge < -0.3 is 10.2 Å². The fourth-order valence-corrected chi connectivity index (χ4v) is 3.07. The number of alkyl halides is 3. The van der Waals surface area contributed by atoms with Crippen molar-refractivity contribution in [3.8, 4) is 6.07 Å². The Bertz CT molecular complexity index is 678. The number of likely N-dealkylation sites (tertiary alicyclic amines) is 1. The molecule has 9 heteroatoms. The van der Waals surface area contributed by atoms with Crippen LogP contribution in [0.3, 0.4) is 0 Å². The van der Waals surface area contributed by atoms with Gasteiger partial charge in [0.05, 0.1) is 12.1 Å². The molecule has 0 saturated carbocycles. The Kier molecular flexibility index (Phi) is 6.42. The van der Waals surface area contributed by atoms with Crippen molar-refractivity contribution in [3.05, 3.63) is 23.4 Å². The zero-order valence-electron chi connectivity index (χ0n) is 14.8. The van der Waals surface area contributed by atoms with Crippen LogP contribution in [-0.4, -0.2) is 56.1 Å². The van der Waals surface area contributed by atoms with Crippen LogP contribution in [0.15, 0.2) is 12.1 Å². The summed E-state index contributed by atoms with van der Waals surface area (Å²) in [5, 5.41) is 11.8. The number of amides is 1. The van der Waals surface area contributed by atoms with Gasteiger partial charge in [0, 0.05) is 20.6 Å². The third-order valence-corrected chi connectivity index (χ3v) is 4.53. The highest BCUT2D eigenvalue weighted by molar-refractivity contribution is 5.77. The van der Waals surface area contributed by atoms with Crippen molar-refractivity contribution in [1.29, 1.82) is 5.26 Å². The molecule has 0 aliphatic carbocycles. The molecule has 1 saturated heterocycles. The van der Waals surface area contributed by atoms with Gasteiger partial charge >= 0.3 is 6.18 Å². The molecule has 0 atom stereocenters. The Labute approximate surface area is 150 Å². The van der Waals surface area contributed by atoms with Gasteiger partial charge in [-0.2, -0.15) is 18.4 Å². The summed E-state index contributed by atoms with van der Waals surface area (Å²) in [7, 11) is 3.25. The van der Waals surface area contributed by atoms with E-state index in [1.807, 2.05) is 6.07 Å². The van der Waals surface area contributed by atoms with E-state index >= 15 is 0 Å². The first-order valence-electron chi connectivity index (χ1n) is 8.37. The highest BCUT2D eigenvalue weighted by atomic mass is 19.4. The molecule has 2 rings (SSSR count). The number of piperidine rings is 1. The molecule has 1 aromatic rings. The Morgan fingerprint density at radius 3 is 2.62 bits per heavy atom. The molecule has 0 radical (unpaired) electrons. The zero-order valence-corrected chi connectivity index (χ0v) is 14.8. The lowest BCUT2D eigenvalue weighted by atomic mass is 9.96. The molecule has 1 fully saturated rings. The largest absolute Gasteiger partial charge is 0.433 e. The highest BCUT2D eigenvalue weighted by Crippen LogP contribution is 2.30. The first-order chi connectivity index (χ1) is 12.2. The maximum atomic E-state index is 12.9. The minimum atomic E-state index is -4.55. The Hall–Kier alpha value is -2.34. The smallest absolute Gasteiger partial charge is 0.358 e. The molecule has 2 heterocycles. The van der Waals surface area contributed by atoms with Gasteiger partial charge in [0.15, 0.2) is 0 Å². The van der Waals surface area contributed by atoms with E-state index < -0.39 is 11.9 Å². The predicted molar refractivity (Wildman–Crippen MR) is 90.5 cm³/mol. The molecule has 0 spiro atoms. The number of nitrogens with one attached hydrogen (secondary N) is 1. The molecule has 0 bridgehead atoms. The van der Waals surface area contributed by atoms with E-state index in [9.17, 15) is 18.0 Å². The normalized spacial score (nSPS) is 16.2. The number of aromatic nitrogens is 1. The van der Waals surface area contributed by atoms with Gasteiger partial charge in [-0.15, -0.1) is 0 Å². The highest BCUT2D eigenvalue weighted by Gasteiger charge is 2.33. The van der Waals surface area contributed by atoms with Crippen LogP contribution in [0.1, 0.15) is 24.1 Å². The molecule has 1 aromatic heterocycles. The second-order valence-electron chi connectivity index (χ2n) is 6.45. The molecular weight excluding hydrogens is 347 g/mol. The topological polar surface area (TPSA) is 72.3 Å². The molecule has 1 aliphatic heterocycles. The number of carbonyl (C=O) groups is 1. The van der Waals surface area contributed by atoms with Crippen molar-refractivity contribution in [2.45, 2.75) is 19.0 Å². The summed E-state index contributed by atoms with van der Waals surface area (Å²) in [6, 6.07) is 3.89. The van der Waals surface area contributed by atoms with Gasteiger partial charge in [0.25, 0.3) is 0 Å². The Balaban J connectivity index is 2.01. The number of likely N-dealkylation sites (N-methyl/N-ethyl adjacent to an activating group) is 1. The van der Waals surface area contributed by atoms with Crippen molar-refractivity contribution < 1.29 is 18.0 Å². The second kappa shape index (κ2) is 8.36. The van der Waals surface area contributed by atoms with Crippen LogP contribution in [-0.2, 0) is 11.0 Å². The van der Waals surface area contributed by atoms with E-state index in [1.165, 1.54) is 0 Å². The number of nitriles is 1. The van der Waals surface area contributed by atoms with Crippen LogP contribution in [0.25, 0.3) is 0 Å². The minimum Gasteiger partial charge on any atom is -0.358 e. The molecule has 1 N–H and O–H groups in total. The standard InChI is InChI=1S/C17H22F3N5O/c1-22-15(26)11-25-7-5-12(6-8-25)10-24(2)16-13(9-21)3-4-14(23-16)17(18,19)20/h3-4,12H,5-8,10-11H2,1-2H3,(H,22,26). The van der Waals surface area contributed by atoms with Gasteiger partial charge in [-0.1, -0.05) is 0 Å². The van der Waals surface area contributed by atoms with Crippen LogP contribution < -0.4 is 10.2 Å². The van der Waals surface area contributed by atoms with E-state index in [-0.39, 0.29) is 23.2 Å². The third-order valence-electron chi connectivity index (χ3n) is 4.53. The molecule has 26 heavy (non-hydrogen) atoms. The summed E-state index contributed by atoms with van der Waals surface area (Å²) in [6.07, 6.45) is -2.88. The summed E-state index contributed by atoms with van der Waals surface area (Å²) >= 11 is 0. The molecule has 6 nitrogen and oxygen atoms in total. The SMILES string of the molecule is CNC(=O)CN1CCC(CN(C)c2nc(C(F)(F)F)ccc2C#N)CC1. The van der Waals surface area contributed by atoms with Gasteiger partial charge in [-0.25, -0.2) is 4.98 Å². The van der Waals surface area contributed by atoms with Gasteiger partial charge in [-0.3, -0.25) is 9.69 Å². The maximum Gasteiger partial charge on any atom is 0.433 e. The molecular formula is C17H22F3N5O. The van der Waals surface area contributed by atoms with Crippen LogP contribution >= 0.6 is 0 Å². The minimum absolute atomic E-state index is 0.0348. The van der Waals surface area contributed by atoms with Crippen LogP contribution in [0.2, 0.25) is 0 Å². The fraction of sp³-hybridized carbons (Fsp3) is 0.588. The van der Waals surface area contributed by atoms with Crippen molar-refractivity contribution in [1.82, 2.24) is 15.2 Å². The number of carbonyl (C=O) groups excluding carboxylic acids is 1. The Morgan fingerprint density at radius 2 is 2.08 bits per heavy atom. The number of halogens is 3. The van der Waals surface area contributed by atoms with Crippen LogP contribution in [0.5, 0.6) is 0 Å². The zero-order chi connectivity index (χ0) is 19.3. The number of rotatable bonds is 5. The summed E-state index contributed by atoms with van der Waals surface area (Å²) in [6.45, 7) is 2.38. The van der Waals surface area contributed by atoms with Gasteiger partial charge in [0.2, 0.25) is 5.91 Å². The quantitative estimate of drug-likeness (QED) is 0.858. The number of hydrogen-bond acceptors (Lipinski definition) is 5. The van der Waals surface area contributed by atoms with Crippen LogP contribution in [0, 0.1) is 17.2 Å². The van der Waals surface area contributed by atoms with Crippen molar-refractivity contribution in [2.75, 3.05) is 45.2 Å². The van der Waals surface area contributed by atoms with Gasteiger partial charge in [0.1, 0.15) is 17.6 Å². The first kappa shape index (κ1) is 20.0. The number of hydrogen-bond donors (Lipinski definition) is 1. The summed E-state index contributed by atoms with van der Waals surface area (Å²) in [5.41, 5.74) is -0.878. The van der Waals surface area contributed by atoms with E-state index in [0.717, 1.165) is 38.1 Å². The first-order valence-corrected chi connectivity index (χ1v) is 8.37. The van der Waals surface area contributed by atoms with Crippen molar-refractivity contribution >= 4 is 11.7 Å². The number of anilines is 1. The maximum absolute atomic E-state index is 12.9. The molecule has 0 unspecified atom stereocenters. The lowest BCUT2D eigenvalue weighted by molar-refractivity contribution is -0.141. The molecule has 142 valence electrons. The fourth-order valence-electron chi connectivity index (χ4n) is 3.07. The van der Waals surface area contributed by atoms with Crippen LogP contribution in [0.4, 0.5) is 19.0 Å². The third kappa shape index (κ3) is 5.08.